The lowest BCUT2D eigenvalue weighted by molar-refractivity contribution is -0.396. The van der Waals surface area contributed by atoms with E-state index in [1.165, 1.54) is 18.1 Å². The predicted octanol–water partition coefficient (Wildman–Crippen LogP) is 1.56. The maximum absolute atomic E-state index is 12.1. The number of rotatable bonds is 8. The van der Waals surface area contributed by atoms with Crippen molar-refractivity contribution >= 4 is 0 Å². The highest BCUT2D eigenvalue weighted by molar-refractivity contribution is 5.47. The molecule has 16 nitrogen and oxygen atoms in total. The molecule has 0 radical (unpaired) electrons. The van der Waals surface area contributed by atoms with E-state index in [2.05, 4.69) is 60.6 Å². The fourth-order valence-corrected chi connectivity index (χ4v) is 14.4. The molecule has 8 aliphatic rings. The van der Waals surface area contributed by atoms with E-state index >= 15 is 0 Å². The van der Waals surface area contributed by atoms with Crippen molar-refractivity contribution in [1.29, 1.82) is 0 Å². The molecule has 5 aliphatic carbocycles. The number of aliphatic hydroxyl groups is 10. The van der Waals surface area contributed by atoms with E-state index < -0.39 is 122 Å². The Morgan fingerprint density at radius 3 is 1.88 bits per heavy atom. The Hall–Kier alpha value is -1.16. The molecular formula is C48H78O16. The Kier molecular flexibility index (Phi) is 13.1. The van der Waals surface area contributed by atoms with Gasteiger partial charge in [-0.2, -0.15) is 0 Å². The monoisotopic (exact) mass is 911 g/mol. The largest absolute Gasteiger partial charge is 0.395 e. The summed E-state index contributed by atoms with van der Waals surface area (Å²) in [6.07, 6.45) is -12.2. The number of aliphatic hydroxyl groups excluding tert-OH is 10. The highest BCUT2D eigenvalue weighted by atomic mass is 16.8. The number of hydrogen-bond acceptors (Lipinski definition) is 16. The summed E-state index contributed by atoms with van der Waals surface area (Å²) in [5.74, 6) is 0.354. The van der Waals surface area contributed by atoms with Crippen LogP contribution in [0.5, 0.6) is 0 Å². The molecule has 64 heavy (non-hydrogen) atoms. The molecule has 0 bridgehead atoms. The molecule has 366 valence electrons. The highest BCUT2D eigenvalue weighted by Gasteiger charge is 2.68. The topological polar surface area (TPSA) is 258 Å². The van der Waals surface area contributed by atoms with Gasteiger partial charge in [0.1, 0.15) is 61.0 Å². The molecule has 0 amide bonds. The van der Waals surface area contributed by atoms with E-state index in [0.717, 1.165) is 38.5 Å². The SMILES string of the molecule is CC1OC(OC2C(OC3C(OC4CCC5(C)C(CCC6(C)C5C=CC5=C7CC(C)(C)CCC7(CO)C(O)CC56C)C4(C)C)OC(C)C(O)C3O)OC(CO)C(O)C2O)C(O)C(O)C1O. The summed E-state index contributed by atoms with van der Waals surface area (Å²) in [6.45, 7) is 18.5. The summed E-state index contributed by atoms with van der Waals surface area (Å²) in [5.41, 5.74) is 0.903. The molecule has 3 saturated heterocycles. The van der Waals surface area contributed by atoms with Crippen molar-refractivity contribution in [1.82, 2.24) is 0 Å². The second kappa shape index (κ2) is 17.1. The molecule has 23 atom stereocenters. The molecule has 0 aromatic rings. The quantitative estimate of drug-likeness (QED) is 0.155. The van der Waals surface area contributed by atoms with Crippen LogP contribution in [0, 0.1) is 44.3 Å². The minimum Gasteiger partial charge on any atom is -0.395 e. The lowest BCUT2D eigenvalue weighted by Gasteiger charge is -2.70. The van der Waals surface area contributed by atoms with Crippen LogP contribution in [0.1, 0.15) is 114 Å². The second-order valence-electron chi connectivity index (χ2n) is 23.2. The van der Waals surface area contributed by atoms with Crippen molar-refractivity contribution < 1.29 is 79.5 Å². The highest BCUT2D eigenvalue weighted by Crippen LogP contribution is 2.74. The van der Waals surface area contributed by atoms with E-state index in [1.807, 2.05) is 0 Å². The summed E-state index contributed by atoms with van der Waals surface area (Å²) < 4.78 is 37.0. The van der Waals surface area contributed by atoms with Gasteiger partial charge < -0.3 is 79.5 Å². The van der Waals surface area contributed by atoms with Crippen molar-refractivity contribution in [3.05, 3.63) is 23.3 Å². The van der Waals surface area contributed by atoms with Crippen molar-refractivity contribution in [2.45, 2.75) is 218 Å². The van der Waals surface area contributed by atoms with E-state index in [1.54, 1.807) is 6.92 Å². The van der Waals surface area contributed by atoms with Crippen molar-refractivity contribution in [2.75, 3.05) is 13.2 Å². The lowest BCUT2D eigenvalue weighted by Crippen LogP contribution is -2.67. The van der Waals surface area contributed by atoms with Gasteiger partial charge in [-0.25, -0.2) is 0 Å². The Morgan fingerprint density at radius 2 is 1.23 bits per heavy atom. The fourth-order valence-electron chi connectivity index (χ4n) is 14.4. The second-order valence-corrected chi connectivity index (χ2v) is 23.2. The molecule has 3 saturated carbocycles. The Morgan fingerprint density at radius 1 is 0.641 bits per heavy atom. The van der Waals surface area contributed by atoms with Gasteiger partial charge in [0.05, 0.1) is 37.6 Å². The van der Waals surface area contributed by atoms with Crippen LogP contribution in [0.4, 0.5) is 0 Å². The molecule has 3 aliphatic heterocycles. The molecule has 0 spiro atoms. The zero-order chi connectivity index (χ0) is 46.9. The zero-order valence-corrected chi connectivity index (χ0v) is 39.1. The maximum atomic E-state index is 12.1. The minimum absolute atomic E-state index is 0.0557. The molecule has 23 unspecified atom stereocenters. The first kappa shape index (κ1) is 49.3. The molecule has 0 aromatic heterocycles. The molecule has 16 heteroatoms. The minimum atomic E-state index is -1.80. The zero-order valence-electron chi connectivity index (χ0n) is 39.1. The van der Waals surface area contributed by atoms with Gasteiger partial charge in [0.25, 0.3) is 0 Å². The van der Waals surface area contributed by atoms with Gasteiger partial charge in [0, 0.05) is 10.8 Å². The molecule has 3 heterocycles. The van der Waals surface area contributed by atoms with Crippen molar-refractivity contribution in [2.24, 2.45) is 44.3 Å². The third-order valence-electron chi connectivity index (χ3n) is 18.8. The number of allylic oxidation sites excluding steroid dienone is 3. The van der Waals surface area contributed by atoms with Crippen LogP contribution in [0.15, 0.2) is 23.3 Å². The first-order valence-corrected chi connectivity index (χ1v) is 23.8. The van der Waals surface area contributed by atoms with Gasteiger partial charge in [0.15, 0.2) is 18.9 Å². The van der Waals surface area contributed by atoms with Crippen molar-refractivity contribution in [3.8, 4) is 0 Å². The Bertz CT molecular complexity index is 1770. The molecule has 6 fully saturated rings. The number of ether oxygens (including phenoxy) is 6. The normalized spacial score (nSPS) is 54.6. The van der Waals surface area contributed by atoms with Gasteiger partial charge >= 0.3 is 0 Å². The summed E-state index contributed by atoms with van der Waals surface area (Å²) in [6, 6.07) is 0. The van der Waals surface area contributed by atoms with Crippen LogP contribution in [-0.4, -0.2) is 169 Å². The summed E-state index contributed by atoms with van der Waals surface area (Å²) in [4.78, 5) is 0. The van der Waals surface area contributed by atoms with Crippen LogP contribution in [0.2, 0.25) is 0 Å². The van der Waals surface area contributed by atoms with Gasteiger partial charge in [-0.1, -0.05) is 66.2 Å². The van der Waals surface area contributed by atoms with E-state index in [9.17, 15) is 51.1 Å². The summed E-state index contributed by atoms with van der Waals surface area (Å²) in [5, 5.41) is 110. The Balaban J connectivity index is 1.06. The van der Waals surface area contributed by atoms with Crippen LogP contribution >= 0.6 is 0 Å². The predicted molar refractivity (Wildman–Crippen MR) is 229 cm³/mol. The third kappa shape index (κ3) is 7.46. The third-order valence-corrected chi connectivity index (χ3v) is 18.8. The lowest BCUT2D eigenvalue weighted by atomic mass is 9.35. The number of hydrogen-bond donors (Lipinski definition) is 10. The van der Waals surface area contributed by atoms with Crippen LogP contribution in [0.25, 0.3) is 0 Å². The van der Waals surface area contributed by atoms with Crippen LogP contribution in [-0.2, 0) is 28.4 Å². The van der Waals surface area contributed by atoms with E-state index in [4.69, 9.17) is 28.4 Å². The standard InChI is InChI=1S/C48H78O16/c1-22-31(52)34(55)37(58)40(59-22)63-39-36(57)33(54)26(20-49)61-42(39)64-38-35(56)32(53)23(2)60-41(38)62-30-13-14-45(7)27(44(30,5)6)12-15-46(8)28(45)11-10-24-25-18-43(3,4)16-17-48(25,21-50)29(51)19-47(24,46)9/h10-11,22-23,26-42,49-58H,12-21H2,1-9H3. The smallest absolute Gasteiger partial charge is 0.187 e. The first-order chi connectivity index (χ1) is 29.8. The van der Waals surface area contributed by atoms with Crippen LogP contribution < -0.4 is 0 Å². The molecule has 10 N–H and O–H groups in total. The fraction of sp³-hybridized carbons (Fsp3) is 0.917. The molecule has 8 rings (SSSR count). The van der Waals surface area contributed by atoms with Gasteiger partial charge in [-0.15, -0.1) is 0 Å². The van der Waals surface area contributed by atoms with Gasteiger partial charge in [0.2, 0.25) is 0 Å². The van der Waals surface area contributed by atoms with Crippen LogP contribution in [0.3, 0.4) is 0 Å². The molecule has 0 aromatic carbocycles. The average molecular weight is 911 g/mol. The van der Waals surface area contributed by atoms with E-state index in [0.29, 0.717) is 12.8 Å². The maximum Gasteiger partial charge on any atom is 0.187 e. The summed E-state index contributed by atoms with van der Waals surface area (Å²) >= 11 is 0. The van der Waals surface area contributed by atoms with Gasteiger partial charge in [-0.3, -0.25) is 0 Å². The summed E-state index contributed by atoms with van der Waals surface area (Å²) in [7, 11) is 0. The average Bonchev–Trinajstić information content (AvgIpc) is 3.23. The van der Waals surface area contributed by atoms with Crippen molar-refractivity contribution in [3.63, 3.8) is 0 Å². The molecular weight excluding hydrogens is 833 g/mol. The first-order valence-electron chi connectivity index (χ1n) is 23.8. The van der Waals surface area contributed by atoms with E-state index in [-0.39, 0.29) is 40.1 Å². The van der Waals surface area contributed by atoms with Gasteiger partial charge in [-0.05, 0) is 104 Å². The number of fused-ring (bicyclic) bond motifs is 6. The Labute approximate surface area is 377 Å².